The summed E-state index contributed by atoms with van der Waals surface area (Å²) in [7, 11) is 2.71. The molecule has 2 aromatic heterocycles. The zero-order chi connectivity index (χ0) is 18.0. The van der Waals surface area contributed by atoms with Gasteiger partial charge in [0.25, 0.3) is 5.91 Å². The van der Waals surface area contributed by atoms with E-state index in [9.17, 15) is 9.59 Å². The predicted octanol–water partition coefficient (Wildman–Crippen LogP) is 2.62. The highest BCUT2D eigenvalue weighted by atomic mass is 32.1. The number of likely N-dealkylation sites (tertiary alicyclic amines) is 1. The summed E-state index contributed by atoms with van der Waals surface area (Å²) in [6.45, 7) is 2.60. The Hall–Kier alpha value is -2.48. The molecule has 0 spiro atoms. The number of hydrogen-bond acceptors (Lipinski definition) is 7. The smallest absolute Gasteiger partial charge is 0.356 e. The fourth-order valence-electron chi connectivity index (χ4n) is 2.90. The van der Waals surface area contributed by atoms with Gasteiger partial charge in [-0.2, -0.15) is 0 Å². The Morgan fingerprint density at radius 1 is 1.28 bits per heavy atom. The lowest BCUT2D eigenvalue weighted by Crippen LogP contribution is -2.30. The Kier molecular flexibility index (Phi) is 4.98. The second kappa shape index (κ2) is 7.18. The van der Waals surface area contributed by atoms with Gasteiger partial charge >= 0.3 is 5.97 Å². The number of aromatic nitrogens is 2. The van der Waals surface area contributed by atoms with Gasteiger partial charge in [0, 0.05) is 29.2 Å². The molecule has 0 aromatic carbocycles. The predicted molar refractivity (Wildman–Crippen MR) is 92.0 cm³/mol. The Morgan fingerprint density at radius 2 is 2.08 bits per heavy atom. The van der Waals surface area contributed by atoms with Crippen LogP contribution < -0.4 is 4.74 Å². The van der Waals surface area contributed by atoms with E-state index < -0.39 is 5.97 Å². The van der Waals surface area contributed by atoms with E-state index in [4.69, 9.17) is 9.47 Å². The minimum atomic E-state index is -0.610. The van der Waals surface area contributed by atoms with Gasteiger partial charge in [-0.25, -0.2) is 14.8 Å². The Labute approximate surface area is 149 Å². The van der Waals surface area contributed by atoms with Crippen molar-refractivity contribution in [2.24, 2.45) is 0 Å². The summed E-state index contributed by atoms with van der Waals surface area (Å²) in [5.41, 5.74) is 1.36. The van der Waals surface area contributed by atoms with Gasteiger partial charge in [0.05, 0.1) is 20.3 Å². The van der Waals surface area contributed by atoms with Crippen LogP contribution in [0.15, 0.2) is 17.5 Å². The molecule has 3 rings (SSSR count). The van der Waals surface area contributed by atoms with Gasteiger partial charge in [-0.05, 0) is 25.8 Å². The van der Waals surface area contributed by atoms with Crippen LogP contribution in [0.1, 0.15) is 50.4 Å². The van der Waals surface area contributed by atoms with Crippen molar-refractivity contribution in [3.8, 4) is 5.88 Å². The average molecular weight is 361 g/mol. The van der Waals surface area contributed by atoms with Crippen LogP contribution in [0.4, 0.5) is 0 Å². The summed E-state index contributed by atoms with van der Waals surface area (Å²) >= 11 is 1.57. The topological polar surface area (TPSA) is 81.6 Å². The minimum Gasteiger partial charge on any atom is -0.481 e. The Morgan fingerprint density at radius 3 is 2.72 bits per heavy atom. The normalized spacial score (nSPS) is 16.8. The molecule has 8 heteroatoms. The molecule has 2 aromatic rings. The first-order valence-corrected chi connectivity index (χ1v) is 8.79. The van der Waals surface area contributed by atoms with Gasteiger partial charge in [0.15, 0.2) is 5.69 Å². The highest BCUT2D eigenvalue weighted by molar-refractivity contribution is 7.09. The van der Waals surface area contributed by atoms with Gasteiger partial charge in [0.1, 0.15) is 5.01 Å². The number of thiazole rings is 1. The maximum Gasteiger partial charge on any atom is 0.356 e. The largest absolute Gasteiger partial charge is 0.481 e. The molecule has 25 heavy (non-hydrogen) atoms. The summed E-state index contributed by atoms with van der Waals surface area (Å²) in [5, 5.41) is 2.93. The quantitative estimate of drug-likeness (QED) is 0.779. The number of carbonyl (C=O) groups is 2. The third-order valence-corrected chi connectivity index (χ3v) is 5.15. The lowest BCUT2D eigenvalue weighted by Gasteiger charge is -2.23. The first-order valence-electron chi connectivity index (χ1n) is 7.91. The molecule has 0 saturated carbocycles. The van der Waals surface area contributed by atoms with Gasteiger partial charge in [-0.15, -0.1) is 11.3 Å². The van der Waals surface area contributed by atoms with Gasteiger partial charge in [-0.3, -0.25) is 4.79 Å². The molecule has 1 amide bonds. The van der Waals surface area contributed by atoms with Crippen molar-refractivity contribution in [1.29, 1.82) is 0 Å². The lowest BCUT2D eigenvalue weighted by molar-refractivity contribution is 0.0593. The van der Waals surface area contributed by atoms with Crippen LogP contribution in [0.2, 0.25) is 0 Å². The maximum atomic E-state index is 13.0. The van der Waals surface area contributed by atoms with Crippen molar-refractivity contribution >= 4 is 23.2 Å². The first-order chi connectivity index (χ1) is 12.0. The Balaban J connectivity index is 1.92. The van der Waals surface area contributed by atoms with Crippen molar-refractivity contribution in [2.75, 3.05) is 20.8 Å². The number of amides is 1. The van der Waals surface area contributed by atoms with Crippen LogP contribution in [0, 0.1) is 6.92 Å². The van der Waals surface area contributed by atoms with E-state index in [-0.39, 0.29) is 23.5 Å². The summed E-state index contributed by atoms with van der Waals surface area (Å²) in [6, 6.07) is 2.95. The van der Waals surface area contributed by atoms with Crippen LogP contribution in [0.5, 0.6) is 5.88 Å². The second-order valence-corrected chi connectivity index (χ2v) is 6.65. The second-order valence-electron chi connectivity index (χ2n) is 5.76. The van der Waals surface area contributed by atoms with Crippen LogP contribution in [-0.4, -0.2) is 47.5 Å². The number of carbonyl (C=O) groups excluding carboxylic acids is 2. The van der Waals surface area contributed by atoms with Gasteiger partial charge in [-0.1, -0.05) is 0 Å². The number of aryl methyl sites for hydroxylation is 1. The first kappa shape index (κ1) is 17.3. The number of methoxy groups -OCH3 is 2. The average Bonchev–Trinajstić information content (AvgIpc) is 3.28. The van der Waals surface area contributed by atoms with E-state index in [0.717, 1.165) is 23.5 Å². The fraction of sp³-hybridized carbons (Fsp3) is 0.412. The number of rotatable bonds is 4. The van der Waals surface area contributed by atoms with Gasteiger partial charge < -0.3 is 14.4 Å². The zero-order valence-electron chi connectivity index (χ0n) is 14.3. The van der Waals surface area contributed by atoms with Gasteiger partial charge in [0.2, 0.25) is 5.88 Å². The molecule has 1 fully saturated rings. The van der Waals surface area contributed by atoms with Crippen molar-refractivity contribution in [3.05, 3.63) is 39.5 Å². The molecule has 1 atom stereocenters. The van der Waals surface area contributed by atoms with Crippen LogP contribution in [0.3, 0.4) is 0 Å². The summed E-state index contributed by atoms with van der Waals surface area (Å²) in [5.74, 6) is -0.574. The minimum absolute atomic E-state index is 0.0352. The SMILES string of the molecule is COC(=O)c1cc(C(=O)N2CCCC2c2nc(C)cs2)cc(OC)n1. The van der Waals surface area contributed by atoms with Crippen LogP contribution in [0.25, 0.3) is 0 Å². The molecule has 0 radical (unpaired) electrons. The third-order valence-electron chi connectivity index (χ3n) is 4.09. The lowest BCUT2D eigenvalue weighted by atomic mass is 10.1. The molecule has 3 heterocycles. The molecular formula is C17H19N3O4S. The van der Waals surface area contributed by atoms with E-state index in [2.05, 4.69) is 9.97 Å². The van der Waals surface area contributed by atoms with Crippen molar-refractivity contribution < 1.29 is 19.1 Å². The summed E-state index contributed by atoms with van der Waals surface area (Å²) in [4.78, 5) is 35.2. The monoisotopic (exact) mass is 361 g/mol. The van der Waals surface area contributed by atoms with E-state index in [1.807, 2.05) is 12.3 Å². The summed E-state index contributed by atoms with van der Waals surface area (Å²) < 4.78 is 9.82. The van der Waals surface area contributed by atoms with E-state index in [0.29, 0.717) is 12.1 Å². The standard InChI is InChI=1S/C17H19N3O4S/c1-10-9-25-15(18-10)13-5-4-6-20(13)16(21)11-7-12(17(22)24-3)19-14(8-11)23-2/h7-9,13H,4-6H2,1-3H3. The van der Waals surface area contributed by atoms with E-state index in [1.165, 1.54) is 26.4 Å². The highest BCUT2D eigenvalue weighted by Crippen LogP contribution is 2.35. The van der Waals surface area contributed by atoms with Crippen LogP contribution in [-0.2, 0) is 4.74 Å². The molecular weight excluding hydrogens is 342 g/mol. The summed E-state index contributed by atoms with van der Waals surface area (Å²) in [6.07, 6.45) is 1.80. The number of hydrogen-bond donors (Lipinski definition) is 0. The van der Waals surface area contributed by atoms with E-state index in [1.54, 1.807) is 16.2 Å². The van der Waals surface area contributed by atoms with Crippen molar-refractivity contribution in [2.45, 2.75) is 25.8 Å². The number of nitrogens with zero attached hydrogens (tertiary/aromatic N) is 3. The molecule has 7 nitrogen and oxygen atoms in total. The van der Waals surface area contributed by atoms with Crippen molar-refractivity contribution in [1.82, 2.24) is 14.9 Å². The van der Waals surface area contributed by atoms with Crippen molar-refractivity contribution in [3.63, 3.8) is 0 Å². The molecule has 0 bridgehead atoms. The fourth-order valence-corrected chi connectivity index (χ4v) is 3.84. The molecule has 1 unspecified atom stereocenters. The molecule has 132 valence electrons. The molecule has 1 saturated heterocycles. The number of pyridine rings is 1. The molecule has 0 aliphatic carbocycles. The number of ether oxygens (including phenoxy) is 2. The number of esters is 1. The maximum absolute atomic E-state index is 13.0. The third kappa shape index (κ3) is 3.48. The highest BCUT2D eigenvalue weighted by Gasteiger charge is 2.33. The molecule has 0 N–H and O–H groups in total. The van der Waals surface area contributed by atoms with Crippen LogP contribution >= 0.6 is 11.3 Å². The zero-order valence-corrected chi connectivity index (χ0v) is 15.1. The van der Waals surface area contributed by atoms with E-state index >= 15 is 0 Å². The molecule has 1 aliphatic heterocycles. The molecule has 1 aliphatic rings. The Bertz CT molecular complexity index is 805.